The molecule has 2 atom stereocenters. The fourth-order valence-electron chi connectivity index (χ4n) is 13.3. The van der Waals surface area contributed by atoms with Crippen LogP contribution in [0.5, 0.6) is 0 Å². The van der Waals surface area contributed by atoms with Gasteiger partial charge in [-0.05, 0) is 214 Å². The zero-order chi connectivity index (χ0) is 66.2. The Kier molecular flexibility index (Phi) is 19.6. The predicted molar refractivity (Wildman–Crippen MR) is 419 cm³/mol. The molecule has 98 heavy (non-hydrogen) atoms. The van der Waals surface area contributed by atoms with Gasteiger partial charge in [0.1, 0.15) is 0 Å². The Labute approximate surface area is 579 Å². The van der Waals surface area contributed by atoms with Gasteiger partial charge in [-0.1, -0.05) is 274 Å². The maximum atomic E-state index is 2.44. The van der Waals surface area contributed by atoms with E-state index in [-0.39, 0.29) is 11.8 Å². The molecule has 0 amide bonds. The molecule has 0 radical (unpaired) electrons. The van der Waals surface area contributed by atoms with Gasteiger partial charge in [0, 0.05) is 74.7 Å². The maximum Gasteiger partial charge on any atom is 0.0462 e. The summed E-state index contributed by atoms with van der Waals surface area (Å²) < 4.78 is 0. The van der Waals surface area contributed by atoms with Crippen LogP contribution in [-0.2, 0) is 0 Å². The number of para-hydroxylation sites is 3. The van der Waals surface area contributed by atoms with Crippen LogP contribution < -0.4 is 19.6 Å². The fraction of sp³-hybridized carbons (Fsp3) is 0.0638. The van der Waals surface area contributed by atoms with Crippen LogP contribution in [0.15, 0.2) is 412 Å². The summed E-state index contributed by atoms with van der Waals surface area (Å²) >= 11 is 0. The van der Waals surface area contributed by atoms with Gasteiger partial charge in [-0.2, -0.15) is 0 Å². The predicted octanol–water partition coefficient (Wildman–Crippen LogP) is 25.9. The van der Waals surface area contributed by atoms with E-state index < -0.39 is 0 Å². The summed E-state index contributed by atoms with van der Waals surface area (Å²) in [7, 11) is 0. The van der Waals surface area contributed by atoms with Crippen LogP contribution in [0.3, 0.4) is 0 Å². The normalized spacial score (nSPS) is 15.1. The molecule has 0 fully saturated rings. The molecule has 0 saturated heterocycles. The SMILES string of the molecule is C\C=C/C(=C\C=C\N(c1ccccc1)c1ccc(-c2ccc(N(c3ccccc3)c3ccc(-c4ccc(-c5ccc(N(c6ccccc6)c6ccc(C7C=CC(N(C8=CCC=CC=C8)c8ccc(C9=CC=CCC=C9)cc8)=C[C@@H]7C)cc6)cc5)cc4)cc3)cc2)cc1)c1ccccc1. The molecule has 0 saturated carbocycles. The minimum absolute atomic E-state index is 0.228. The van der Waals surface area contributed by atoms with E-state index in [1.54, 1.807) is 0 Å². The average Bonchev–Trinajstić information content (AvgIpc) is 0.926. The Bertz CT molecular complexity index is 4840. The van der Waals surface area contributed by atoms with Crippen LogP contribution in [-0.4, -0.2) is 0 Å². The van der Waals surface area contributed by atoms with Gasteiger partial charge in [-0.3, -0.25) is 0 Å². The van der Waals surface area contributed by atoms with Crippen LogP contribution in [0.25, 0.3) is 44.5 Å². The van der Waals surface area contributed by atoms with Crippen LogP contribution in [0.2, 0.25) is 0 Å². The van der Waals surface area contributed by atoms with Gasteiger partial charge in [0.15, 0.2) is 0 Å². The second-order valence-electron chi connectivity index (χ2n) is 24.8. The molecule has 0 aliphatic heterocycles. The van der Waals surface area contributed by atoms with Gasteiger partial charge in [0.2, 0.25) is 0 Å². The molecular formula is C94H78N4. The lowest BCUT2D eigenvalue weighted by Gasteiger charge is -2.32. The molecule has 1 unspecified atom stereocenters. The Hall–Kier alpha value is -12.2. The maximum absolute atomic E-state index is 2.44. The highest BCUT2D eigenvalue weighted by Gasteiger charge is 2.25. The molecule has 0 bridgehead atoms. The number of benzene rings is 11. The monoisotopic (exact) mass is 1260 g/mol. The first-order chi connectivity index (χ1) is 48.5. The average molecular weight is 1260 g/mol. The third-order valence-corrected chi connectivity index (χ3v) is 18.4. The lowest BCUT2D eigenvalue weighted by Crippen LogP contribution is -2.23. The molecule has 11 aromatic carbocycles. The van der Waals surface area contributed by atoms with Crippen molar-refractivity contribution in [2.45, 2.75) is 32.6 Å². The van der Waals surface area contributed by atoms with Crippen LogP contribution in [0, 0.1) is 5.92 Å². The van der Waals surface area contributed by atoms with Gasteiger partial charge in [-0.15, -0.1) is 0 Å². The van der Waals surface area contributed by atoms with Crippen LogP contribution >= 0.6 is 0 Å². The number of anilines is 9. The molecular weight excluding hydrogens is 1190 g/mol. The van der Waals surface area contributed by atoms with Crippen LogP contribution in [0.1, 0.15) is 49.3 Å². The largest absolute Gasteiger partial charge is 0.317 e. The van der Waals surface area contributed by atoms with Gasteiger partial charge >= 0.3 is 0 Å². The fourth-order valence-corrected chi connectivity index (χ4v) is 13.3. The zero-order valence-electron chi connectivity index (χ0n) is 55.5. The zero-order valence-corrected chi connectivity index (χ0v) is 55.5. The third-order valence-electron chi connectivity index (χ3n) is 18.4. The summed E-state index contributed by atoms with van der Waals surface area (Å²) in [6.07, 6.45) is 41.7. The molecule has 11 aromatic rings. The van der Waals surface area contributed by atoms with Crippen molar-refractivity contribution < 1.29 is 0 Å². The summed E-state index contributed by atoms with van der Waals surface area (Å²) in [5.74, 6) is 0.492. The molecule has 14 rings (SSSR count). The molecule has 474 valence electrons. The molecule has 0 N–H and O–H groups in total. The summed E-state index contributed by atoms with van der Waals surface area (Å²) in [4.78, 5) is 9.32. The minimum Gasteiger partial charge on any atom is -0.317 e. The number of nitrogens with zero attached hydrogens (tertiary/aromatic N) is 4. The lowest BCUT2D eigenvalue weighted by atomic mass is 9.83. The second kappa shape index (κ2) is 30.4. The summed E-state index contributed by atoms with van der Waals surface area (Å²) in [6.45, 7) is 4.40. The summed E-state index contributed by atoms with van der Waals surface area (Å²) in [5.41, 5.74) is 25.3. The van der Waals surface area contributed by atoms with Crippen LogP contribution in [0.4, 0.5) is 51.2 Å². The topological polar surface area (TPSA) is 13.0 Å². The smallest absolute Gasteiger partial charge is 0.0462 e. The van der Waals surface area contributed by atoms with Crippen molar-refractivity contribution in [1.82, 2.24) is 0 Å². The van der Waals surface area contributed by atoms with Gasteiger partial charge in [0.05, 0.1) is 0 Å². The van der Waals surface area contributed by atoms with E-state index in [4.69, 9.17) is 0 Å². The highest BCUT2D eigenvalue weighted by Crippen LogP contribution is 2.42. The molecule has 3 aliphatic rings. The highest BCUT2D eigenvalue weighted by atomic mass is 15.2. The lowest BCUT2D eigenvalue weighted by molar-refractivity contribution is 0.628. The Morgan fingerprint density at radius 2 is 0.786 bits per heavy atom. The molecule has 4 nitrogen and oxygen atoms in total. The first kappa shape index (κ1) is 63.2. The van der Waals surface area contributed by atoms with Crippen molar-refractivity contribution in [2.75, 3.05) is 19.6 Å². The Morgan fingerprint density at radius 1 is 0.367 bits per heavy atom. The van der Waals surface area contributed by atoms with Crippen molar-refractivity contribution >= 4 is 62.3 Å². The van der Waals surface area contributed by atoms with Crippen molar-refractivity contribution in [1.29, 1.82) is 0 Å². The molecule has 0 aromatic heterocycles. The van der Waals surface area contributed by atoms with Crippen molar-refractivity contribution in [2.24, 2.45) is 5.92 Å². The number of hydrogen-bond donors (Lipinski definition) is 0. The standard InChI is InChI=1S/C94H78N4/c1-3-25-72(73-28-14-8-15-29-73)30-24-69-95(83-31-18-9-19-32-83)84-55-43-78(44-56-84)81-51-61-89(62-52-81)96(85-35-20-10-21-36-85)88-57-47-79(48-58-88)75-39-41-76(42-40-75)80-49-59-90(60-50-80)97(86-37-22-11-23-38-86)91-65-53-82(54-66-91)94-68-67-93(70-71(94)2)98(87-33-16-6-7-17-34-87)92-63-45-77(46-64-92)74-26-12-4-5-13-27-74/h3-4,6-16,18-71,94H,5,17H2,1-2H3/b25-3-,69-24+,72-30+/t71-,94?/m0/s1. The Morgan fingerprint density at radius 3 is 1.29 bits per heavy atom. The van der Waals surface area contributed by atoms with E-state index in [1.807, 2.05) is 0 Å². The first-order valence-corrected chi connectivity index (χ1v) is 34.1. The second-order valence-corrected chi connectivity index (χ2v) is 24.8. The summed E-state index contributed by atoms with van der Waals surface area (Å²) in [6, 6.07) is 105. The summed E-state index contributed by atoms with van der Waals surface area (Å²) in [5, 5.41) is 0. The van der Waals surface area contributed by atoms with E-state index in [0.29, 0.717) is 0 Å². The van der Waals surface area contributed by atoms with Gasteiger partial charge in [-0.25, -0.2) is 0 Å². The Balaban J connectivity index is 0.651. The minimum atomic E-state index is 0.228. The number of rotatable bonds is 20. The molecule has 4 heteroatoms. The third kappa shape index (κ3) is 14.7. The first-order valence-electron chi connectivity index (χ1n) is 34.1. The van der Waals surface area contributed by atoms with Crippen molar-refractivity contribution in [3.63, 3.8) is 0 Å². The van der Waals surface area contributed by atoms with Gasteiger partial charge < -0.3 is 19.6 Å². The van der Waals surface area contributed by atoms with E-state index >= 15 is 0 Å². The van der Waals surface area contributed by atoms with E-state index in [2.05, 4.69) is 434 Å². The van der Waals surface area contributed by atoms with E-state index in [0.717, 1.165) is 97.4 Å². The highest BCUT2D eigenvalue weighted by molar-refractivity contribution is 5.84. The van der Waals surface area contributed by atoms with Crippen molar-refractivity contribution in [3.05, 3.63) is 429 Å². The van der Waals surface area contributed by atoms with E-state index in [9.17, 15) is 0 Å². The van der Waals surface area contributed by atoms with Crippen molar-refractivity contribution in [3.8, 4) is 33.4 Å². The molecule has 0 spiro atoms. The molecule has 0 heterocycles. The van der Waals surface area contributed by atoms with Gasteiger partial charge in [0.25, 0.3) is 0 Å². The number of hydrogen-bond acceptors (Lipinski definition) is 4. The van der Waals surface area contributed by atoms with E-state index in [1.165, 1.54) is 39.2 Å². The molecule has 3 aliphatic carbocycles. The number of allylic oxidation sites excluding steroid dienone is 19. The quantitative estimate of drug-likeness (QED) is 0.0705.